The zero-order chi connectivity index (χ0) is 12.4. The monoisotopic (exact) mass is 232 g/mol. The maximum Gasteiger partial charge on any atom is 0.335 e. The van der Waals surface area contributed by atoms with Crippen LogP contribution < -0.4 is 4.74 Å². The Labute approximate surface area is 98.3 Å². The van der Waals surface area contributed by atoms with Crippen molar-refractivity contribution >= 4 is 5.97 Å². The van der Waals surface area contributed by atoms with E-state index in [9.17, 15) is 4.79 Å². The molecule has 0 amide bonds. The lowest BCUT2D eigenvalue weighted by atomic mass is 10.1. The Morgan fingerprint density at radius 3 is 2.71 bits per heavy atom. The lowest BCUT2D eigenvalue weighted by molar-refractivity contribution is 0.0696. The molecule has 0 saturated heterocycles. The molecule has 1 aromatic heterocycles. The Morgan fingerprint density at radius 1 is 1.41 bits per heavy atom. The van der Waals surface area contributed by atoms with E-state index in [2.05, 4.69) is 5.10 Å². The van der Waals surface area contributed by atoms with Crippen LogP contribution in [-0.4, -0.2) is 20.9 Å². The number of aromatic nitrogens is 2. The summed E-state index contributed by atoms with van der Waals surface area (Å²) in [7, 11) is 1.80. The van der Waals surface area contributed by atoms with Gasteiger partial charge < -0.3 is 9.84 Å². The van der Waals surface area contributed by atoms with Gasteiger partial charge in [-0.15, -0.1) is 0 Å². The van der Waals surface area contributed by atoms with Gasteiger partial charge in [-0.3, -0.25) is 4.68 Å². The van der Waals surface area contributed by atoms with Gasteiger partial charge in [0, 0.05) is 7.05 Å². The first kappa shape index (κ1) is 11.2. The molecule has 5 heteroatoms. The highest BCUT2D eigenvalue weighted by molar-refractivity contribution is 5.89. The van der Waals surface area contributed by atoms with Crippen LogP contribution in [-0.2, 0) is 7.05 Å². The smallest absolute Gasteiger partial charge is 0.335 e. The molecule has 1 heterocycles. The van der Waals surface area contributed by atoms with Crippen LogP contribution in [0.5, 0.6) is 11.5 Å². The predicted molar refractivity (Wildman–Crippen MR) is 61.4 cm³/mol. The minimum Gasteiger partial charge on any atom is -0.478 e. The fourth-order valence-corrected chi connectivity index (χ4v) is 1.53. The van der Waals surface area contributed by atoms with Crippen molar-refractivity contribution in [2.45, 2.75) is 6.92 Å². The quantitative estimate of drug-likeness (QED) is 0.881. The molecule has 0 bridgehead atoms. The number of carboxylic acid groups (broad SMARTS) is 1. The first-order valence-electron chi connectivity index (χ1n) is 5.06. The molecule has 2 aromatic rings. The summed E-state index contributed by atoms with van der Waals surface area (Å²) in [5.74, 6) is 0.283. The Balaban J connectivity index is 2.23. The van der Waals surface area contributed by atoms with Crippen LogP contribution in [0.2, 0.25) is 0 Å². The maximum absolute atomic E-state index is 10.8. The molecule has 0 aliphatic carbocycles. The van der Waals surface area contributed by atoms with Crippen LogP contribution in [0.1, 0.15) is 15.9 Å². The van der Waals surface area contributed by atoms with Crippen LogP contribution in [0.25, 0.3) is 0 Å². The third kappa shape index (κ3) is 2.44. The van der Waals surface area contributed by atoms with Crippen molar-refractivity contribution < 1.29 is 14.6 Å². The van der Waals surface area contributed by atoms with Gasteiger partial charge in [-0.2, -0.15) is 5.10 Å². The average molecular weight is 232 g/mol. The number of hydrogen-bond acceptors (Lipinski definition) is 3. The normalized spacial score (nSPS) is 10.2. The van der Waals surface area contributed by atoms with E-state index in [1.165, 1.54) is 6.07 Å². The highest BCUT2D eigenvalue weighted by atomic mass is 16.5. The number of carboxylic acids is 1. The summed E-state index contributed by atoms with van der Waals surface area (Å²) in [6, 6.07) is 4.85. The second kappa shape index (κ2) is 4.29. The van der Waals surface area contributed by atoms with Crippen LogP contribution >= 0.6 is 0 Å². The van der Waals surface area contributed by atoms with Gasteiger partial charge in [0.25, 0.3) is 0 Å². The molecule has 2 rings (SSSR count). The zero-order valence-electron chi connectivity index (χ0n) is 9.54. The molecule has 0 aliphatic heterocycles. The number of aryl methyl sites for hydroxylation is 2. The van der Waals surface area contributed by atoms with Crippen LogP contribution in [0.3, 0.4) is 0 Å². The molecule has 0 unspecified atom stereocenters. The highest BCUT2D eigenvalue weighted by Gasteiger charge is 2.08. The number of nitrogens with zero attached hydrogens (tertiary/aromatic N) is 2. The van der Waals surface area contributed by atoms with Crippen molar-refractivity contribution in [2.75, 3.05) is 0 Å². The van der Waals surface area contributed by atoms with Crippen LogP contribution in [0, 0.1) is 6.92 Å². The topological polar surface area (TPSA) is 64.4 Å². The van der Waals surface area contributed by atoms with E-state index in [1.807, 2.05) is 0 Å². The van der Waals surface area contributed by atoms with Gasteiger partial charge in [0.15, 0.2) is 5.75 Å². The third-order valence-corrected chi connectivity index (χ3v) is 2.35. The molecule has 0 aliphatic rings. The van der Waals surface area contributed by atoms with Gasteiger partial charge in [-0.1, -0.05) is 0 Å². The minimum absolute atomic E-state index is 0.281. The first-order chi connectivity index (χ1) is 8.06. The summed E-state index contributed by atoms with van der Waals surface area (Å²) >= 11 is 0. The van der Waals surface area contributed by atoms with Crippen molar-refractivity contribution in [3.63, 3.8) is 0 Å². The molecule has 0 radical (unpaired) electrons. The summed E-state index contributed by atoms with van der Waals surface area (Å²) in [4.78, 5) is 10.8. The Bertz CT molecular complexity index is 561. The number of ether oxygens (including phenoxy) is 1. The van der Waals surface area contributed by atoms with Gasteiger partial charge in [0.05, 0.1) is 18.0 Å². The Morgan fingerprint density at radius 2 is 2.18 bits per heavy atom. The molecule has 0 fully saturated rings. The molecular weight excluding hydrogens is 220 g/mol. The SMILES string of the molecule is Cc1cc(Oc2cnn(C)c2)ccc1C(=O)O. The van der Waals surface area contributed by atoms with E-state index in [0.717, 1.165) is 0 Å². The van der Waals surface area contributed by atoms with Gasteiger partial charge in [0.2, 0.25) is 0 Å². The summed E-state index contributed by atoms with van der Waals surface area (Å²) in [6.07, 6.45) is 3.33. The molecular formula is C12H12N2O3. The molecule has 0 saturated carbocycles. The lowest BCUT2D eigenvalue weighted by Crippen LogP contribution is -1.99. The van der Waals surface area contributed by atoms with E-state index >= 15 is 0 Å². The average Bonchev–Trinajstić information content (AvgIpc) is 2.63. The number of aromatic carboxylic acids is 1. The van der Waals surface area contributed by atoms with Crippen LogP contribution in [0.4, 0.5) is 0 Å². The summed E-state index contributed by atoms with van der Waals surface area (Å²) in [5, 5.41) is 12.9. The van der Waals surface area contributed by atoms with Crippen molar-refractivity contribution in [3.8, 4) is 11.5 Å². The van der Waals surface area contributed by atoms with E-state index in [-0.39, 0.29) is 5.56 Å². The summed E-state index contributed by atoms with van der Waals surface area (Å²) < 4.78 is 7.17. The zero-order valence-corrected chi connectivity index (χ0v) is 9.54. The second-order valence-corrected chi connectivity index (χ2v) is 3.73. The van der Waals surface area contributed by atoms with E-state index in [1.54, 1.807) is 43.2 Å². The van der Waals surface area contributed by atoms with Gasteiger partial charge >= 0.3 is 5.97 Å². The largest absolute Gasteiger partial charge is 0.478 e. The number of carbonyl (C=O) groups is 1. The van der Waals surface area contributed by atoms with Gasteiger partial charge in [0.1, 0.15) is 5.75 Å². The van der Waals surface area contributed by atoms with Crippen molar-refractivity contribution in [1.29, 1.82) is 0 Å². The minimum atomic E-state index is -0.935. The molecule has 1 aromatic carbocycles. The lowest BCUT2D eigenvalue weighted by Gasteiger charge is -2.05. The Kier molecular flexibility index (Phi) is 2.82. The highest BCUT2D eigenvalue weighted by Crippen LogP contribution is 2.23. The number of benzene rings is 1. The second-order valence-electron chi connectivity index (χ2n) is 3.73. The fourth-order valence-electron chi connectivity index (χ4n) is 1.53. The molecule has 0 spiro atoms. The molecule has 17 heavy (non-hydrogen) atoms. The number of hydrogen-bond donors (Lipinski definition) is 1. The maximum atomic E-state index is 10.8. The van der Waals surface area contributed by atoms with Gasteiger partial charge in [-0.25, -0.2) is 4.79 Å². The molecule has 5 nitrogen and oxygen atoms in total. The van der Waals surface area contributed by atoms with E-state index in [0.29, 0.717) is 17.1 Å². The predicted octanol–water partition coefficient (Wildman–Crippen LogP) is 2.22. The summed E-state index contributed by atoms with van der Waals surface area (Å²) in [6.45, 7) is 1.74. The number of rotatable bonds is 3. The van der Waals surface area contributed by atoms with Crippen LogP contribution in [0.15, 0.2) is 30.6 Å². The first-order valence-corrected chi connectivity index (χ1v) is 5.06. The third-order valence-electron chi connectivity index (χ3n) is 2.35. The standard InChI is InChI=1S/C12H12N2O3/c1-8-5-9(3-4-11(8)12(15)16)17-10-6-13-14(2)7-10/h3-7H,1-2H3,(H,15,16). The Hall–Kier alpha value is -2.30. The molecule has 88 valence electrons. The summed E-state index contributed by atoms with van der Waals surface area (Å²) in [5.41, 5.74) is 0.947. The van der Waals surface area contributed by atoms with Gasteiger partial charge in [-0.05, 0) is 30.7 Å². The van der Waals surface area contributed by atoms with Crippen molar-refractivity contribution in [3.05, 3.63) is 41.7 Å². The van der Waals surface area contributed by atoms with E-state index in [4.69, 9.17) is 9.84 Å². The molecule has 1 N–H and O–H groups in total. The van der Waals surface area contributed by atoms with Crippen molar-refractivity contribution in [1.82, 2.24) is 9.78 Å². The van der Waals surface area contributed by atoms with E-state index < -0.39 is 5.97 Å². The molecule has 0 atom stereocenters. The fraction of sp³-hybridized carbons (Fsp3) is 0.167. The van der Waals surface area contributed by atoms with Crippen molar-refractivity contribution in [2.24, 2.45) is 7.05 Å².